The van der Waals surface area contributed by atoms with E-state index in [2.05, 4.69) is 114 Å². The van der Waals surface area contributed by atoms with Gasteiger partial charge in [-0.15, -0.1) is 0 Å². The van der Waals surface area contributed by atoms with E-state index in [4.69, 9.17) is 4.74 Å². The van der Waals surface area contributed by atoms with Crippen molar-refractivity contribution >= 4 is 40.2 Å². The van der Waals surface area contributed by atoms with Crippen molar-refractivity contribution in [3.8, 4) is 22.6 Å². The van der Waals surface area contributed by atoms with E-state index >= 15 is 0 Å². The van der Waals surface area contributed by atoms with Gasteiger partial charge >= 0.3 is 0 Å². The van der Waals surface area contributed by atoms with Crippen molar-refractivity contribution in [1.29, 1.82) is 0 Å². The van der Waals surface area contributed by atoms with E-state index in [1.165, 1.54) is 55.7 Å². The molecule has 0 saturated carbocycles. The maximum Gasteiger partial charge on any atom is 0.256 e. The van der Waals surface area contributed by atoms with Crippen molar-refractivity contribution in [3.63, 3.8) is 0 Å². The van der Waals surface area contributed by atoms with Crippen LogP contribution < -0.4 is 26.0 Å². The first kappa shape index (κ1) is 18.2. The standard InChI is InChI=1S/C31H20BNO/c1-2-10-22(11-3-1)33-27-14-8-16-30-31(27)32(25-13-6-7-15-29(25)34-30)26-18-21-17-20-9-4-5-12-23(20)24(21)19-28(26)33/h1-16,18-19H,17H2. The van der Waals surface area contributed by atoms with Crippen LogP contribution in [0.4, 0.5) is 17.1 Å². The molecule has 2 aliphatic heterocycles. The lowest BCUT2D eigenvalue weighted by Crippen LogP contribution is -2.59. The van der Waals surface area contributed by atoms with E-state index in [0.717, 1.165) is 17.9 Å². The van der Waals surface area contributed by atoms with Crippen LogP contribution in [0.2, 0.25) is 0 Å². The number of hydrogen-bond acceptors (Lipinski definition) is 2. The summed E-state index contributed by atoms with van der Waals surface area (Å²) < 4.78 is 6.44. The average molecular weight is 433 g/mol. The van der Waals surface area contributed by atoms with Crippen molar-refractivity contribution in [2.45, 2.75) is 6.42 Å². The van der Waals surface area contributed by atoms with E-state index < -0.39 is 0 Å². The summed E-state index contributed by atoms with van der Waals surface area (Å²) >= 11 is 0. The van der Waals surface area contributed by atoms with Gasteiger partial charge in [-0.3, -0.25) is 0 Å². The molecule has 3 aliphatic rings. The first-order chi connectivity index (χ1) is 16.9. The molecule has 2 heterocycles. The molecular weight excluding hydrogens is 413 g/mol. The summed E-state index contributed by atoms with van der Waals surface area (Å²) in [5.74, 6) is 1.91. The van der Waals surface area contributed by atoms with E-state index in [-0.39, 0.29) is 6.71 Å². The molecule has 0 unspecified atom stereocenters. The topological polar surface area (TPSA) is 12.5 Å². The molecule has 0 spiro atoms. The number of anilines is 3. The van der Waals surface area contributed by atoms with Crippen molar-refractivity contribution in [3.05, 3.63) is 120 Å². The minimum Gasteiger partial charge on any atom is -0.458 e. The summed E-state index contributed by atoms with van der Waals surface area (Å²) in [7, 11) is 0. The Morgan fingerprint density at radius 2 is 1.38 bits per heavy atom. The summed E-state index contributed by atoms with van der Waals surface area (Å²) in [6.45, 7) is 0.153. The molecule has 0 aromatic heterocycles. The predicted octanol–water partition coefficient (Wildman–Crippen LogP) is 5.66. The van der Waals surface area contributed by atoms with Gasteiger partial charge in [0.25, 0.3) is 6.71 Å². The SMILES string of the molecule is c1ccc(N2c3cc4c(cc3B3c5ccccc5Oc5cccc2c53)Cc2ccccc2-4)cc1. The minimum atomic E-state index is 0.153. The lowest BCUT2D eigenvalue weighted by molar-refractivity contribution is 0.487. The van der Waals surface area contributed by atoms with Gasteiger partial charge in [-0.2, -0.15) is 0 Å². The van der Waals surface area contributed by atoms with Crippen molar-refractivity contribution in [1.82, 2.24) is 0 Å². The van der Waals surface area contributed by atoms with Crippen LogP contribution in [0, 0.1) is 0 Å². The monoisotopic (exact) mass is 433 g/mol. The van der Waals surface area contributed by atoms with Gasteiger partial charge in [0, 0.05) is 17.1 Å². The van der Waals surface area contributed by atoms with E-state index in [0.29, 0.717) is 0 Å². The number of nitrogens with zero attached hydrogens (tertiary/aromatic N) is 1. The molecule has 0 atom stereocenters. The third-order valence-corrected chi connectivity index (χ3v) is 7.53. The maximum absolute atomic E-state index is 6.44. The van der Waals surface area contributed by atoms with Gasteiger partial charge in [0.05, 0.1) is 0 Å². The number of ether oxygens (including phenoxy) is 1. The maximum atomic E-state index is 6.44. The first-order valence-corrected chi connectivity index (χ1v) is 11.9. The second-order valence-corrected chi connectivity index (χ2v) is 9.33. The molecule has 0 radical (unpaired) electrons. The molecule has 0 saturated heterocycles. The van der Waals surface area contributed by atoms with Gasteiger partial charge in [-0.25, -0.2) is 0 Å². The fourth-order valence-electron chi connectivity index (χ4n) is 6.12. The lowest BCUT2D eigenvalue weighted by Gasteiger charge is -2.40. The van der Waals surface area contributed by atoms with Gasteiger partial charge in [-0.1, -0.05) is 72.8 Å². The van der Waals surface area contributed by atoms with Crippen LogP contribution in [0.5, 0.6) is 11.5 Å². The summed E-state index contributed by atoms with van der Waals surface area (Å²) in [6.07, 6.45) is 0.990. The number of hydrogen-bond donors (Lipinski definition) is 0. The quantitative estimate of drug-likeness (QED) is 0.310. The third kappa shape index (κ3) is 2.36. The van der Waals surface area contributed by atoms with Gasteiger partial charge in [0.2, 0.25) is 0 Å². The molecule has 34 heavy (non-hydrogen) atoms. The Morgan fingerprint density at radius 1 is 0.588 bits per heavy atom. The van der Waals surface area contributed by atoms with Gasteiger partial charge in [0.1, 0.15) is 11.5 Å². The van der Waals surface area contributed by atoms with Crippen LogP contribution in [-0.2, 0) is 6.42 Å². The highest BCUT2D eigenvalue weighted by molar-refractivity contribution is 6.99. The van der Waals surface area contributed by atoms with Crippen molar-refractivity contribution < 1.29 is 4.74 Å². The summed E-state index contributed by atoms with van der Waals surface area (Å²) in [6, 6.07) is 39.4. The Balaban J connectivity index is 1.47. The summed E-state index contributed by atoms with van der Waals surface area (Å²) in [5.41, 5.74) is 13.0. The molecule has 0 bridgehead atoms. The zero-order valence-electron chi connectivity index (χ0n) is 18.5. The van der Waals surface area contributed by atoms with Crippen molar-refractivity contribution in [2.24, 2.45) is 0 Å². The first-order valence-electron chi connectivity index (χ1n) is 11.9. The van der Waals surface area contributed by atoms with E-state index in [1.54, 1.807) is 0 Å². The average Bonchev–Trinajstić information content (AvgIpc) is 3.25. The van der Waals surface area contributed by atoms with Crippen molar-refractivity contribution in [2.75, 3.05) is 4.90 Å². The molecule has 5 aromatic rings. The van der Waals surface area contributed by atoms with Crippen LogP contribution in [0.1, 0.15) is 11.1 Å². The number of para-hydroxylation sites is 2. The molecule has 0 fully saturated rings. The fourth-order valence-corrected chi connectivity index (χ4v) is 6.12. The van der Waals surface area contributed by atoms with Crippen LogP contribution in [0.15, 0.2) is 109 Å². The molecule has 2 nitrogen and oxygen atoms in total. The largest absolute Gasteiger partial charge is 0.458 e. The number of fused-ring (bicyclic) bond motifs is 7. The molecule has 8 rings (SSSR count). The minimum absolute atomic E-state index is 0.153. The normalized spacial score (nSPS) is 13.9. The molecule has 0 N–H and O–H groups in total. The van der Waals surface area contributed by atoms with Crippen LogP contribution >= 0.6 is 0 Å². The Bertz CT molecular complexity index is 1620. The smallest absolute Gasteiger partial charge is 0.256 e. The zero-order valence-corrected chi connectivity index (χ0v) is 18.5. The summed E-state index contributed by atoms with van der Waals surface area (Å²) in [5, 5.41) is 0. The second kappa shape index (κ2) is 6.65. The van der Waals surface area contributed by atoms with Crippen LogP contribution in [0.25, 0.3) is 11.1 Å². The lowest BCUT2D eigenvalue weighted by atomic mass is 9.34. The van der Waals surface area contributed by atoms with Crippen LogP contribution in [0.3, 0.4) is 0 Å². The third-order valence-electron chi connectivity index (χ3n) is 7.53. The highest BCUT2D eigenvalue weighted by atomic mass is 16.5. The van der Waals surface area contributed by atoms with Gasteiger partial charge in [-0.05, 0) is 81.5 Å². The Kier molecular flexibility index (Phi) is 3.56. The fraction of sp³-hybridized carbons (Fsp3) is 0.0323. The van der Waals surface area contributed by atoms with Crippen LogP contribution in [-0.4, -0.2) is 6.71 Å². The molecule has 0 amide bonds. The molecular formula is C31H20BNO. The second-order valence-electron chi connectivity index (χ2n) is 9.33. The summed E-state index contributed by atoms with van der Waals surface area (Å²) in [4.78, 5) is 2.42. The molecule has 1 aliphatic carbocycles. The van der Waals surface area contributed by atoms with Gasteiger partial charge in [0.15, 0.2) is 0 Å². The molecule has 158 valence electrons. The number of benzene rings is 5. The molecule has 5 aromatic carbocycles. The van der Waals surface area contributed by atoms with E-state index in [9.17, 15) is 0 Å². The Hall–Kier alpha value is -4.24. The van der Waals surface area contributed by atoms with Gasteiger partial charge < -0.3 is 9.64 Å². The molecule has 3 heteroatoms. The zero-order chi connectivity index (χ0) is 22.2. The number of rotatable bonds is 1. The Morgan fingerprint density at radius 3 is 2.32 bits per heavy atom. The van der Waals surface area contributed by atoms with E-state index in [1.807, 2.05) is 0 Å². The highest BCUT2D eigenvalue weighted by Gasteiger charge is 2.42. The Labute approximate surface area is 199 Å². The predicted molar refractivity (Wildman–Crippen MR) is 141 cm³/mol. The highest BCUT2D eigenvalue weighted by Crippen LogP contribution is 2.44.